The first-order valence-electron chi connectivity index (χ1n) is 6.95. The van der Waals surface area contributed by atoms with E-state index in [1.807, 2.05) is 40.8 Å². The number of likely N-dealkylation sites (N-methyl/N-ethyl adjacent to an activating group) is 2. The van der Waals surface area contributed by atoms with Crippen LogP contribution >= 0.6 is 11.3 Å². The highest BCUT2D eigenvalue weighted by Crippen LogP contribution is 2.21. The van der Waals surface area contributed by atoms with Crippen LogP contribution < -0.4 is 0 Å². The summed E-state index contributed by atoms with van der Waals surface area (Å²) in [5.41, 5.74) is 0.787. The number of hydrogen-bond acceptors (Lipinski definition) is 4. The average molecular weight is 296 g/mol. The predicted molar refractivity (Wildman–Crippen MR) is 83.5 cm³/mol. The molecule has 1 amide bonds. The van der Waals surface area contributed by atoms with Gasteiger partial charge in [0.05, 0.1) is 13.1 Å². The summed E-state index contributed by atoms with van der Waals surface area (Å²) in [4.78, 5) is 30.0. The number of thiophene rings is 1. The number of amides is 1. The molecule has 0 aliphatic heterocycles. The lowest BCUT2D eigenvalue weighted by molar-refractivity contribution is -0.131. The summed E-state index contributed by atoms with van der Waals surface area (Å²) in [6.45, 7) is 9.88. The van der Waals surface area contributed by atoms with E-state index in [1.54, 1.807) is 21.1 Å². The number of Topliss-reactive ketones (excluding diaryl/α,β-unsaturated/α-hetero) is 1. The van der Waals surface area contributed by atoms with Gasteiger partial charge in [-0.25, -0.2) is 0 Å². The molecule has 0 radical (unpaired) electrons. The van der Waals surface area contributed by atoms with E-state index in [9.17, 15) is 9.59 Å². The van der Waals surface area contributed by atoms with Crippen molar-refractivity contribution in [3.8, 4) is 0 Å². The highest BCUT2D eigenvalue weighted by Gasteiger charge is 2.17. The maximum absolute atomic E-state index is 12.2. The van der Waals surface area contributed by atoms with E-state index in [0.29, 0.717) is 13.1 Å². The molecule has 0 bridgehead atoms. The third-order valence-electron chi connectivity index (χ3n) is 3.28. The Morgan fingerprint density at radius 2 is 1.75 bits per heavy atom. The Hall–Kier alpha value is -1.20. The minimum Gasteiger partial charge on any atom is -0.342 e. The third kappa shape index (κ3) is 4.42. The van der Waals surface area contributed by atoms with Crippen molar-refractivity contribution in [1.29, 1.82) is 0 Å². The van der Waals surface area contributed by atoms with Crippen molar-refractivity contribution in [2.75, 3.05) is 33.2 Å². The van der Waals surface area contributed by atoms with E-state index >= 15 is 0 Å². The lowest BCUT2D eigenvalue weighted by Crippen LogP contribution is -2.40. The fraction of sp³-hybridized carbons (Fsp3) is 0.600. The number of ketones is 1. The number of nitrogens with zero attached hydrogens (tertiary/aromatic N) is 2. The zero-order chi connectivity index (χ0) is 15.3. The number of aryl methyl sites for hydroxylation is 2. The van der Waals surface area contributed by atoms with E-state index in [2.05, 4.69) is 0 Å². The minimum atomic E-state index is 0.0727. The van der Waals surface area contributed by atoms with Crippen LogP contribution in [0.1, 0.15) is 34.0 Å². The summed E-state index contributed by atoms with van der Waals surface area (Å²) in [7, 11) is 1.81. The second-order valence-corrected chi connectivity index (χ2v) is 6.45. The Labute approximate surface area is 125 Å². The van der Waals surface area contributed by atoms with Crippen molar-refractivity contribution in [3.05, 3.63) is 21.4 Å². The van der Waals surface area contributed by atoms with Crippen molar-refractivity contribution in [3.63, 3.8) is 0 Å². The third-order valence-corrected chi connectivity index (χ3v) is 4.24. The molecule has 1 aromatic heterocycles. The Kier molecular flexibility index (Phi) is 6.36. The van der Waals surface area contributed by atoms with Gasteiger partial charge in [-0.15, -0.1) is 11.3 Å². The Balaban J connectivity index is 2.58. The van der Waals surface area contributed by atoms with E-state index in [1.165, 1.54) is 0 Å². The van der Waals surface area contributed by atoms with Crippen LogP contribution in [0.15, 0.2) is 6.07 Å². The fourth-order valence-electron chi connectivity index (χ4n) is 2.20. The molecule has 0 N–H and O–H groups in total. The van der Waals surface area contributed by atoms with Crippen LogP contribution in [0.3, 0.4) is 0 Å². The molecule has 5 heteroatoms. The van der Waals surface area contributed by atoms with Gasteiger partial charge in [0.15, 0.2) is 5.78 Å². The number of carbonyl (C=O) groups is 2. The van der Waals surface area contributed by atoms with Gasteiger partial charge in [0.25, 0.3) is 0 Å². The van der Waals surface area contributed by atoms with Gasteiger partial charge in [-0.05, 0) is 40.8 Å². The van der Waals surface area contributed by atoms with Crippen molar-refractivity contribution < 1.29 is 9.59 Å². The van der Waals surface area contributed by atoms with E-state index in [4.69, 9.17) is 0 Å². The van der Waals surface area contributed by atoms with Crippen LogP contribution in [0, 0.1) is 13.8 Å². The summed E-state index contributed by atoms with van der Waals surface area (Å²) >= 11 is 1.64. The monoisotopic (exact) mass is 296 g/mol. The first kappa shape index (κ1) is 16.9. The normalized spacial score (nSPS) is 10.9. The molecule has 0 unspecified atom stereocenters. The molecule has 0 atom stereocenters. The largest absolute Gasteiger partial charge is 0.342 e. The van der Waals surface area contributed by atoms with Crippen molar-refractivity contribution >= 4 is 23.0 Å². The molecule has 20 heavy (non-hydrogen) atoms. The summed E-state index contributed by atoms with van der Waals surface area (Å²) in [5, 5.41) is 0. The number of hydrogen-bond donors (Lipinski definition) is 0. The fourth-order valence-corrected chi connectivity index (χ4v) is 3.14. The Bertz CT molecular complexity index is 478. The molecule has 0 aliphatic carbocycles. The molecular formula is C15H24N2O2S. The van der Waals surface area contributed by atoms with Crippen LogP contribution in [-0.4, -0.2) is 54.7 Å². The van der Waals surface area contributed by atoms with Crippen molar-refractivity contribution in [2.24, 2.45) is 0 Å². The van der Waals surface area contributed by atoms with E-state index < -0.39 is 0 Å². The standard InChI is InChI=1S/C15H24N2O2S/c1-6-17(7-2)15(19)10-16(5)9-14(18)13-8-11(3)20-12(13)4/h8H,6-7,9-10H2,1-5H3. The molecule has 0 spiro atoms. The average Bonchev–Trinajstić information content (AvgIpc) is 2.69. The molecule has 0 saturated carbocycles. The summed E-state index contributed by atoms with van der Waals surface area (Å²) in [5.74, 6) is 0.158. The summed E-state index contributed by atoms with van der Waals surface area (Å²) < 4.78 is 0. The van der Waals surface area contributed by atoms with Crippen LogP contribution in [-0.2, 0) is 4.79 Å². The second-order valence-electron chi connectivity index (χ2n) is 4.99. The molecule has 0 saturated heterocycles. The van der Waals surface area contributed by atoms with Crippen LogP contribution in [0.25, 0.3) is 0 Å². The summed E-state index contributed by atoms with van der Waals surface area (Å²) in [6, 6.07) is 1.93. The molecule has 4 nitrogen and oxygen atoms in total. The van der Waals surface area contributed by atoms with Gasteiger partial charge in [0.1, 0.15) is 0 Å². The SMILES string of the molecule is CCN(CC)C(=O)CN(C)CC(=O)c1cc(C)sc1C. The molecule has 1 aromatic rings. The highest BCUT2D eigenvalue weighted by molar-refractivity contribution is 7.12. The van der Waals surface area contributed by atoms with Gasteiger partial charge in [0, 0.05) is 28.4 Å². The van der Waals surface area contributed by atoms with Gasteiger partial charge in [-0.2, -0.15) is 0 Å². The zero-order valence-electron chi connectivity index (χ0n) is 13.0. The molecule has 1 heterocycles. The first-order chi connectivity index (χ1) is 9.38. The molecule has 1 rings (SSSR count). The number of carbonyl (C=O) groups excluding carboxylic acids is 2. The van der Waals surface area contributed by atoms with Gasteiger partial charge in [-0.3, -0.25) is 14.5 Å². The molecular weight excluding hydrogens is 272 g/mol. The second kappa shape index (κ2) is 7.55. The molecule has 0 aromatic carbocycles. The predicted octanol–water partition coefficient (Wildman–Crippen LogP) is 2.35. The molecule has 0 fully saturated rings. The van der Waals surface area contributed by atoms with Gasteiger partial charge in [0.2, 0.25) is 5.91 Å². The van der Waals surface area contributed by atoms with Crippen LogP contribution in [0.4, 0.5) is 0 Å². The van der Waals surface area contributed by atoms with E-state index in [0.717, 1.165) is 15.3 Å². The van der Waals surface area contributed by atoms with E-state index in [-0.39, 0.29) is 24.8 Å². The lowest BCUT2D eigenvalue weighted by atomic mass is 10.1. The zero-order valence-corrected chi connectivity index (χ0v) is 13.8. The lowest BCUT2D eigenvalue weighted by Gasteiger charge is -2.22. The topological polar surface area (TPSA) is 40.6 Å². The minimum absolute atomic E-state index is 0.0727. The maximum atomic E-state index is 12.2. The van der Waals surface area contributed by atoms with Gasteiger partial charge < -0.3 is 4.90 Å². The van der Waals surface area contributed by atoms with Gasteiger partial charge in [-0.1, -0.05) is 0 Å². The maximum Gasteiger partial charge on any atom is 0.236 e. The van der Waals surface area contributed by atoms with Crippen LogP contribution in [0.5, 0.6) is 0 Å². The van der Waals surface area contributed by atoms with Gasteiger partial charge >= 0.3 is 0 Å². The van der Waals surface area contributed by atoms with Crippen molar-refractivity contribution in [1.82, 2.24) is 9.80 Å². The Morgan fingerprint density at radius 3 is 2.20 bits per heavy atom. The summed E-state index contributed by atoms with van der Waals surface area (Å²) in [6.07, 6.45) is 0. The first-order valence-corrected chi connectivity index (χ1v) is 7.77. The smallest absolute Gasteiger partial charge is 0.236 e. The number of rotatable bonds is 7. The van der Waals surface area contributed by atoms with Crippen LogP contribution in [0.2, 0.25) is 0 Å². The van der Waals surface area contributed by atoms with Crippen molar-refractivity contribution in [2.45, 2.75) is 27.7 Å². The molecule has 112 valence electrons. The quantitative estimate of drug-likeness (QED) is 0.725. The molecule has 0 aliphatic rings. The highest BCUT2D eigenvalue weighted by atomic mass is 32.1. The Morgan fingerprint density at radius 1 is 1.15 bits per heavy atom.